The number of benzene rings is 2. The van der Waals surface area contributed by atoms with Crippen LogP contribution in [-0.4, -0.2) is 13.0 Å². The van der Waals surface area contributed by atoms with E-state index in [2.05, 4.69) is 17.9 Å². The van der Waals surface area contributed by atoms with Gasteiger partial charge in [0.1, 0.15) is 0 Å². The molecule has 0 atom stereocenters. The number of hydrogen-bond acceptors (Lipinski definition) is 3. The van der Waals surface area contributed by atoms with Gasteiger partial charge in [0, 0.05) is 22.2 Å². The van der Waals surface area contributed by atoms with Gasteiger partial charge in [-0.3, -0.25) is 4.79 Å². The highest BCUT2D eigenvalue weighted by Crippen LogP contribution is 2.21. The maximum atomic E-state index is 13.5. The molecule has 0 unspecified atom stereocenters. The second kappa shape index (κ2) is 5.75. The summed E-state index contributed by atoms with van der Waals surface area (Å²) in [5.41, 5.74) is 0.854. The average Bonchev–Trinajstić information content (AvgIpc) is 2.39. The SMILES string of the molecule is COc1ccc(NC(=O)c2ccc(S)cc2)cc1F. The molecule has 0 saturated carbocycles. The van der Waals surface area contributed by atoms with Crippen molar-refractivity contribution in [1.29, 1.82) is 0 Å². The molecule has 0 aliphatic rings. The number of methoxy groups -OCH3 is 1. The van der Waals surface area contributed by atoms with E-state index in [1.54, 1.807) is 30.3 Å². The molecule has 1 N–H and O–H groups in total. The van der Waals surface area contributed by atoms with Crippen molar-refractivity contribution in [2.75, 3.05) is 12.4 Å². The van der Waals surface area contributed by atoms with Gasteiger partial charge in [-0.2, -0.15) is 0 Å². The molecule has 0 saturated heterocycles. The van der Waals surface area contributed by atoms with Crippen LogP contribution >= 0.6 is 12.6 Å². The maximum absolute atomic E-state index is 13.5. The zero-order valence-electron chi connectivity index (χ0n) is 10.2. The summed E-state index contributed by atoms with van der Waals surface area (Å²) in [7, 11) is 1.38. The van der Waals surface area contributed by atoms with E-state index in [0.717, 1.165) is 4.90 Å². The molecule has 0 aliphatic carbocycles. The van der Waals surface area contributed by atoms with E-state index in [0.29, 0.717) is 11.3 Å². The van der Waals surface area contributed by atoms with E-state index in [1.165, 1.54) is 19.2 Å². The molecule has 5 heteroatoms. The number of anilines is 1. The number of halogens is 1. The first-order chi connectivity index (χ1) is 9.10. The van der Waals surface area contributed by atoms with E-state index in [9.17, 15) is 9.18 Å². The third kappa shape index (κ3) is 3.26. The predicted octanol–water partition coefficient (Wildman–Crippen LogP) is 3.38. The molecule has 2 aromatic carbocycles. The number of rotatable bonds is 3. The molecule has 0 aliphatic heterocycles. The Labute approximate surface area is 115 Å². The van der Waals surface area contributed by atoms with Crippen LogP contribution in [0.3, 0.4) is 0 Å². The lowest BCUT2D eigenvalue weighted by atomic mass is 10.2. The number of amides is 1. The van der Waals surface area contributed by atoms with Gasteiger partial charge in [0.25, 0.3) is 5.91 Å². The van der Waals surface area contributed by atoms with Gasteiger partial charge in [-0.25, -0.2) is 4.39 Å². The van der Waals surface area contributed by atoms with Crippen LogP contribution in [0.25, 0.3) is 0 Å². The molecule has 0 aromatic heterocycles. The summed E-state index contributed by atoms with van der Waals surface area (Å²) in [6.45, 7) is 0. The summed E-state index contributed by atoms with van der Waals surface area (Å²) >= 11 is 4.14. The van der Waals surface area contributed by atoms with E-state index in [1.807, 2.05) is 0 Å². The van der Waals surface area contributed by atoms with Crippen LogP contribution in [0, 0.1) is 5.82 Å². The maximum Gasteiger partial charge on any atom is 0.255 e. The predicted molar refractivity (Wildman–Crippen MR) is 74.6 cm³/mol. The molecule has 3 nitrogen and oxygen atoms in total. The summed E-state index contributed by atoms with van der Waals surface area (Å²) in [5, 5.41) is 2.61. The number of thiol groups is 1. The lowest BCUT2D eigenvalue weighted by Crippen LogP contribution is -2.11. The summed E-state index contributed by atoms with van der Waals surface area (Å²) in [5.74, 6) is -0.693. The minimum Gasteiger partial charge on any atom is -0.494 e. The second-order valence-corrected chi connectivity index (χ2v) is 4.37. The highest BCUT2D eigenvalue weighted by atomic mass is 32.1. The number of carbonyl (C=O) groups excluding carboxylic acids is 1. The van der Waals surface area contributed by atoms with E-state index in [-0.39, 0.29) is 11.7 Å². The van der Waals surface area contributed by atoms with Gasteiger partial charge in [0.15, 0.2) is 11.6 Å². The van der Waals surface area contributed by atoms with Gasteiger partial charge in [0.2, 0.25) is 0 Å². The summed E-state index contributed by atoms with van der Waals surface area (Å²) in [4.78, 5) is 12.7. The van der Waals surface area contributed by atoms with Gasteiger partial charge in [-0.15, -0.1) is 12.6 Å². The van der Waals surface area contributed by atoms with Crippen molar-refractivity contribution < 1.29 is 13.9 Å². The fourth-order valence-corrected chi connectivity index (χ4v) is 1.71. The highest BCUT2D eigenvalue weighted by molar-refractivity contribution is 7.80. The van der Waals surface area contributed by atoms with Crippen LogP contribution in [-0.2, 0) is 0 Å². The van der Waals surface area contributed by atoms with Crippen LogP contribution in [0.4, 0.5) is 10.1 Å². The fraction of sp³-hybridized carbons (Fsp3) is 0.0714. The molecule has 0 bridgehead atoms. The van der Waals surface area contributed by atoms with Crippen LogP contribution in [0.2, 0.25) is 0 Å². The molecule has 0 heterocycles. The Morgan fingerprint density at radius 2 is 1.89 bits per heavy atom. The Balaban J connectivity index is 2.14. The second-order valence-electron chi connectivity index (χ2n) is 3.85. The van der Waals surface area contributed by atoms with Crippen molar-refractivity contribution in [2.45, 2.75) is 4.90 Å². The van der Waals surface area contributed by atoms with Gasteiger partial charge in [-0.1, -0.05) is 0 Å². The smallest absolute Gasteiger partial charge is 0.255 e. The largest absolute Gasteiger partial charge is 0.494 e. The molecule has 98 valence electrons. The van der Waals surface area contributed by atoms with Gasteiger partial charge < -0.3 is 10.1 Å². The number of ether oxygens (including phenoxy) is 1. The molecule has 2 rings (SSSR count). The Morgan fingerprint density at radius 1 is 1.21 bits per heavy atom. The van der Waals surface area contributed by atoms with Crippen molar-refractivity contribution in [1.82, 2.24) is 0 Å². The third-order valence-electron chi connectivity index (χ3n) is 2.54. The van der Waals surface area contributed by atoms with E-state index >= 15 is 0 Å². The number of hydrogen-bond donors (Lipinski definition) is 2. The Morgan fingerprint density at radius 3 is 2.47 bits per heavy atom. The van der Waals surface area contributed by atoms with Crippen LogP contribution in [0.5, 0.6) is 5.75 Å². The molecule has 2 aromatic rings. The number of carbonyl (C=O) groups is 1. The monoisotopic (exact) mass is 277 g/mol. The summed E-state index contributed by atoms with van der Waals surface area (Å²) < 4.78 is 18.3. The van der Waals surface area contributed by atoms with Crippen molar-refractivity contribution >= 4 is 24.2 Å². The topological polar surface area (TPSA) is 38.3 Å². The molecule has 19 heavy (non-hydrogen) atoms. The number of nitrogens with one attached hydrogen (secondary N) is 1. The van der Waals surface area contributed by atoms with Crippen LogP contribution in [0.15, 0.2) is 47.4 Å². The molecule has 0 spiro atoms. The van der Waals surface area contributed by atoms with Crippen molar-refractivity contribution in [2.24, 2.45) is 0 Å². The quantitative estimate of drug-likeness (QED) is 0.844. The lowest BCUT2D eigenvalue weighted by Gasteiger charge is -2.07. The van der Waals surface area contributed by atoms with Crippen molar-refractivity contribution in [3.8, 4) is 5.75 Å². The Hall–Kier alpha value is -2.01. The summed E-state index contributed by atoms with van der Waals surface area (Å²) in [6.07, 6.45) is 0. The average molecular weight is 277 g/mol. The zero-order valence-corrected chi connectivity index (χ0v) is 11.1. The van der Waals surface area contributed by atoms with Crippen LogP contribution < -0.4 is 10.1 Å². The molecular weight excluding hydrogens is 265 g/mol. The zero-order chi connectivity index (χ0) is 13.8. The van der Waals surface area contributed by atoms with Crippen molar-refractivity contribution in [3.05, 3.63) is 53.8 Å². The molecular formula is C14H12FNO2S. The van der Waals surface area contributed by atoms with E-state index < -0.39 is 5.82 Å². The summed E-state index contributed by atoms with van der Waals surface area (Å²) in [6, 6.07) is 11.0. The first-order valence-electron chi connectivity index (χ1n) is 5.54. The minimum absolute atomic E-state index is 0.137. The standard InChI is InChI=1S/C14H12FNO2S/c1-18-13-7-4-10(8-12(13)15)16-14(17)9-2-5-11(19)6-3-9/h2-8,19H,1H3,(H,16,17). The minimum atomic E-state index is -0.522. The highest BCUT2D eigenvalue weighted by Gasteiger charge is 2.08. The van der Waals surface area contributed by atoms with Gasteiger partial charge in [0.05, 0.1) is 7.11 Å². The third-order valence-corrected chi connectivity index (χ3v) is 2.84. The lowest BCUT2D eigenvalue weighted by molar-refractivity contribution is 0.102. The van der Waals surface area contributed by atoms with Gasteiger partial charge >= 0.3 is 0 Å². The Bertz CT molecular complexity index is 599. The van der Waals surface area contributed by atoms with Crippen LogP contribution in [0.1, 0.15) is 10.4 Å². The van der Waals surface area contributed by atoms with E-state index in [4.69, 9.17) is 4.74 Å². The first-order valence-corrected chi connectivity index (χ1v) is 5.99. The van der Waals surface area contributed by atoms with Gasteiger partial charge in [-0.05, 0) is 36.4 Å². The molecule has 0 radical (unpaired) electrons. The normalized spacial score (nSPS) is 10.1. The fourth-order valence-electron chi connectivity index (χ4n) is 1.56. The molecule has 0 fully saturated rings. The Kier molecular flexibility index (Phi) is 4.06. The first kappa shape index (κ1) is 13.4. The van der Waals surface area contributed by atoms with Crippen molar-refractivity contribution in [3.63, 3.8) is 0 Å². The molecule has 1 amide bonds.